The van der Waals surface area contributed by atoms with E-state index in [-0.39, 0.29) is 5.16 Å². The lowest BCUT2D eigenvalue weighted by atomic mass is 10.2. The first-order chi connectivity index (χ1) is 16.0. The highest BCUT2D eigenvalue weighted by Gasteiger charge is 2.44. The minimum atomic E-state index is -4.42. The Kier molecular flexibility index (Phi) is 6.71. The Morgan fingerprint density at radius 2 is 1.53 bits per heavy atom. The van der Waals surface area contributed by atoms with Crippen LogP contribution < -0.4 is 10.4 Å². The fourth-order valence-corrected chi connectivity index (χ4v) is 8.62. The summed E-state index contributed by atoms with van der Waals surface area (Å²) in [6.45, 7) is 11.3. The zero-order valence-corrected chi connectivity index (χ0v) is 20.9. The standard InChI is InChI=1S/C26H31F3N3OP/c1-20-13-14-24(33-20)34(25(2,3)4,30-22-10-8-9-21(19-22)26(27,28)29)32-17-15-31(16-18-32)23-11-6-5-7-12-23/h5-14,19H,15-18H2,1-4H3. The molecule has 4 rings (SSSR count). The molecule has 34 heavy (non-hydrogen) atoms. The van der Waals surface area contributed by atoms with Gasteiger partial charge in [0.05, 0.1) is 11.3 Å². The van der Waals surface area contributed by atoms with Crippen LogP contribution in [0.25, 0.3) is 0 Å². The number of nitrogens with zero attached hydrogens (tertiary/aromatic N) is 3. The van der Waals surface area contributed by atoms with Crippen LogP contribution in [0.2, 0.25) is 0 Å². The fraction of sp³-hybridized carbons (Fsp3) is 0.385. The number of piperazine rings is 1. The molecule has 0 bridgehead atoms. The van der Waals surface area contributed by atoms with Crippen LogP contribution >= 0.6 is 7.21 Å². The number of furan rings is 1. The maximum absolute atomic E-state index is 13.5. The number of halogens is 3. The lowest BCUT2D eigenvalue weighted by Crippen LogP contribution is -2.48. The van der Waals surface area contributed by atoms with E-state index >= 15 is 0 Å². The predicted octanol–water partition coefficient (Wildman–Crippen LogP) is 7.30. The van der Waals surface area contributed by atoms with Crippen LogP contribution in [0, 0.1) is 6.92 Å². The molecule has 0 amide bonds. The molecule has 1 atom stereocenters. The van der Waals surface area contributed by atoms with Crippen LogP contribution in [0.3, 0.4) is 0 Å². The smallest absolute Gasteiger partial charge is 0.416 e. The van der Waals surface area contributed by atoms with Crippen LogP contribution in [-0.4, -0.2) is 36.0 Å². The van der Waals surface area contributed by atoms with Gasteiger partial charge < -0.3 is 9.32 Å². The SMILES string of the molecule is Cc1ccc(P(=Nc2cccc(C(F)(F)F)c2)(N2CCN(c3ccccc3)CC2)C(C)(C)C)o1. The zero-order valence-electron chi connectivity index (χ0n) is 20.0. The van der Waals surface area contributed by atoms with E-state index in [0.29, 0.717) is 5.69 Å². The average Bonchev–Trinajstić information content (AvgIpc) is 3.23. The quantitative estimate of drug-likeness (QED) is 0.361. The van der Waals surface area contributed by atoms with Crippen molar-refractivity contribution >= 4 is 24.1 Å². The van der Waals surface area contributed by atoms with Gasteiger partial charge in [-0.05, 0) is 49.4 Å². The molecule has 182 valence electrons. The van der Waals surface area contributed by atoms with Crippen molar-refractivity contribution in [3.63, 3.8) is 0 Å². The number of hydrogen-bond donors (Lipinski definition) is 0. The van der Waals surface area contributed by atoms with Crippen molar-refractivity contribution in [3.8, 4) is 0 Å². The van der Waals surface area contributed by atoms with Gasteiger partial charge in [-0.3, -0.25) is 4.67 Å². The first kappa shape index (κ1) is 24.6. The molecule has 0 saturated carbocycles. The molecule has 2 aromatic carbocycles. The van der Waals surface area contributed by atoms with Gasteiger partial charge in [0.2, 0.25) is 0 Å². The summed E-state index contributed by atoms with van der Waals surface area (Å²) in [7, 11) is -2.60. The molecule has 1 aliphatic heterocycles. The molecule has 4 nitrogen and oxygen atoms in total. The summed E-state index contributed by atoms with van der Waals surface area (Å²) in [6, 6.07) is 19.5. The van der Waals surface area contributed by atoms with Crippen LogP contribution in [-0.2, 0) is 6.18 Å². The number of para-hydroxylation sites is 1. The lowest BCUT2D eigenvalue weighted by molar-refractivity contribution is -0.137. The van der Waals surface area contributed by atoms with Crippen molar-refractivity contribution in [2.24, 2.45) is 4.74 Å². The Morgan fingerprint density at radius 1 is 0.853 bits per heavy atom. The molecular formula is C26H31F3N3OP. The van der Waals surface area contributed by atoms with Gasteiger partial charge in [-0.2, -0.15) is 13.2 Å². The predicted molar refractivity (Wildman–Crippen MR) is 134 cm³/mol. The number of benzene rings is 2. The molecule has 1 saturated heterocycles. The van der Waals surface area contributed by atoms with Gasteiger partial charge in [-0.1, -0.05) is 45.0 Å². The highest BCUT2D eigenvalue weighted by molar-refractivity contribution is 7.72. The molecule has 1 aliphatic rings. The summed E-state index contributed by atoms with van der Waals surface area (Å²) < 4.78 is 54.1. The van der Waals surface area contributed by atoms with E-state index < -0.39 is 18.9 Å². The first-order valence-electron chi connectivity index (χ1n) is 11.4. The van der Waals surface area contributed by atoms with Gasteiger partial charge in [-0.15, -0.1) is 0 Å². The van der Waals surface area contributed by atoms with Crippen molar-refractivity contribution in [3.05, 3.63) is 78.1 Å². The summed E-state index contributed by atoms with van der Waals surface area (Å²) in [5, 5.41) is -0.361. The average molecular weight is 490 g/mol. The first-order valence-corrected chi connectivity index (χ1v) is 13.1. The van der Waals surface area contributed by atoms with E-state index in [2.05, 4.69) is 42.5 Å². The Hall–Kier alpha value is -2.50. The van der Waals surface area contributed by atoms with E-state index in [1.54, 1.807) is 6.07 Å². The monoisotopic (exact) mass is 489 g/mol. The summed E-state index contributed by atoms with van der Waals surface area (Å²) in [5.41, 5.74) is 1.57. The molecular weight excluding hydrogens is 458 g/mol. The summed E-state index contributed by atoms with van der Waals surface area (Å²) >= 11 is 0. The number of hydrogen-bond acceptors (Lipinski definition) is 3. The highest BCUT2D eigenvalue weighted by atomic mass is 31.2. The summed E-state index contributed by atoms with van der Waals surface area (Å²) in [4.78, 5) is 2.34. The van der Waals surface area contributed by atoms with Crippen LogP contribution in [0.15, 0.2) is 75.9 Å². The Labute approximate surface area is 199 Å². The molecule has 1 aromatic heterocycles. The molecule has 1 unspecified atom stereocenters. The second kappa shape index (κ2) is 9.27. The second-order valence-corrected chi connectivity index (χ2v) is 13.3. The van der Waals surface area contributed by atoms with Gasteiger partial charge in [0.1, 0.15) is 13.0 Å². The number of rotatable bonds is 4. The van der Waals surface area contributed by atoms with Crippen molar-refractivity contribution < 1.29 is 17.6 Å². The van der Waals surface area contributed by atoms with Crippen molar-refractivity contribution in [1.82, 2.24) is 4.67 Å². The minimum Gasteiger partial charge on any atom is -0.459 e. The fourth-order valence-electron chi connectivity index (χ4n) is 4.54. The maximum atomic E-state index is 13.5. The zero-order chi connectivity index (χ0) is 24.6. The Bertz CT molecular complexity index is 1170. The van der Waals surface area contributed by atoms with E-state index in [1.165, 1.54) is 11.8 Å². The number of aryl methyl sites for hydroxylation is 1. The highest BCUT2D eigenvalue weighted by Crippen LogP contribution is 2.64. The van der Waals surface area contributed by atoms with Crippen LogP contribution in [0.4, 0.5) is 24.5 Å². The van der Waals surface area contributed by atoms with Crippen LogP contribution in [0.5, 0.6) is 0 Å². The van der Waals surface area contributed by atoms with Gasteiger partial charge >= 0.3 is 6.18 Å². The number of anilines is 1. The van der Waals surface area contributed by atoms with Crippen molar-refractivity contribution in [2.45, 2.75) is 39.0 Å². The van der Waals surface area contributed by atoms with E-state index in [4.69, 9.17) is 9.16 Å². The van der Waals surface area contributed by atoms with Gasteiger partial charge in [0.25, 0.3) is 0 Å². The lowest BCUT2D eigenvalue weighted by Gasteiger charge is -2.47. The van der Waals surface area contributed by atoms with Crippen molar-refractivity contribution in [2.75, 3.05) is 31.1 Å². The third-order valence-electron chi connectivity index (χ3n) is 6.19. The molecule has 2 heterocycles. The third-order valence-corrected chi connectivity index (χ3v) is 10.7. The normalized spacial score (nSPS) is 17.4. The molecule has 0 N–H and O–H groups in total. The van der Waals surface area contributed by atoms with E-state index in [9.17, 15) is 13.2 Å². The largest absolute Gasteiger partial charge is 0.459 e. The van der Waals surface area contributed by atoms with Crippen LogP contribution in [0.1, 0.15) is 32.1 Å². The van der Waals surface area contributed by atoms with Gasteiger partial charge in [0, 0.05) is 37.0 Å². The molecule has 1 fully saturated rings. The second-order valence-electron chi connectivity index (χ2n) is 9.58. The van der Waals surface area contributed by atoms with E-state index in [0.717, 1.165) is 49.6 Å². The summed E-state index contributed by atoms with van der Waals surface area (Å²) in [5.74, 6) is 0.769. The number of alkyl halides is 3. The molecule has 0 spiro atoms. The third kappa shape index (κ3) is 4.82. The van der Waals surface area contributed by atoms with E-state index in [1.807, 2.05) is 37.3 Å². The van der Waals surface area contributed by atoms with Gasteiger partial charge in [-0.25, -0.2) is 4.74 Å². The molecule has 0 radical (unpaired) electrons. The van der Waals surface area contributed by atoms with Gasteiger partial charge in [0.15, 0.2) is 5.50 Å². The minimum absolute atomic E-state index is 0.331. The Balaban J connectivity index is 1.82. The van der Waals surface area contributed by atoms with Crippen molar-refractivity contribution in [1.29, 1.82) is 0 Å². The summed E-state index contributed by atoms with van der Waals surface area (Å²) in [6.07, 6.45) is -4.42. The molecule has 8 heteroatoms. The maximum Gasteiger partial charge on any atom is 0.416 e. The Morgan fingerprint density at radius 3 is 2.09 bits per heavy atom. The topological polar surface area (TPSA) is 32.0 Å². The molecule has 0 aliphatic carbocycles. The molecule has 3 aromatic rings.